The first-order valence-electron chi connectivity index (χ1n) is 11.2. The van der Waals surface area contributed by atoms with Crippen LogP contribution >= 0.6 is 11.3 Å². The lowest BCUT2D eigenvalue weighted by atomic mass is 9.98. The minimum Gasteiger partial charge on any atom is -0.491 e. The third-order valence-corrected chi connectivity index (χ3v) is 7.33. The van der Waals surface area contributed by atoms with Crippen LogP contribution in [0.25, 0.3) is 0 Å². The Morgan fingerprint density at radius 2 is 2.03 bits per heavy atom. The highest BCUT2D eigenvalue weighted by Crippen LogP contribution is 2.34. The van der Waals surface area contributed by atoms with Crippen LogP contribution in [0.4, 0.5) is 0 Å². The lowest BCUT2D eigenvalue weighted by Gasteiger charge is -2.40. The summed E-state index contributed by atoms with van der Waals surface area (Å²) in [4.78, 5) is 18.8. The summed E-state index contributed by atoms with van der Waals surface area (Å²) in [6.07, 6.45) is 0.860. The first-order valence-corrected chi connectivity index (χ1v) is 12.1. The van der Waals surface area contributed by atoms with Crippen molar-refractivity contribution in [2.24, 2.45) is 0 Å². The van der Waals surface area contributed by atoms with Gasteiger partial charge in [-0.1, -0.05) is 17.7 Å². The Morgan fingerprint density at radius 1 is 1.31 bits per heavy atom. The van der Waals surface area contributed by atoms with Gasteiger partial charge in [-0.05, 0) is 63.3 Å². The number of aryl methyl sites for hydroxylation is 1. The number of nitrogens with zero attached hydrogens (tertiary/aromatic N) is 2. The number of methoxy groups -OCH3 is 1. The monoisotopic (exact) mass is 460 g/mol. The van der Waals surface area contributed by atoms with E-state index in [2.05, 4.69) is 11.4 Å². The molecule has 0 unspecified atom stereocenters. The van der Waals surface area contributed by atoms with Gasteiger partial charge in [-0.3, -0.25) is 9.69 Å². The van der Waals surface area contributed by atoms with Gasteiger partial charge in [0.1, 0.15) is 12.4 Å². The maximum Gasteiger partial charge on any atom is 0.237 e. The standard InChI is InChI=1S/C25H36N2O4S/c1-18-6-8-20(9-7-18)31-17-22-21-11-15-32-23(21)10-12-27(22)24(28)16-26(13-14-30-5)19(2)25(3,4)29/h6-9,11,15,19,22,29H,10,12-14,16-17H2,1-5H3/t19-,22-/m1/s1. The maximum absolute atomic E-state index is 13.5. The maximum atomic E-state index is 13.5. The van der Waals surface area contributed by atoms with E-state index in [1.807, 2.05) is 47.9 Å². The molecule has 0 spiro atoms. The highest BCUT2D eigenvalue weighted by Gasteiger charge is 2.35. The number of carbonyl (C=O) groups excluding carboxylic acids is 1. The van der Waals surface area contributed by atoms with Gasteiger partial charge in [0.2, 0.25) is 5.91 Å². The zero-order valence-corrected chi connectivity index (χ0v) is 20.7. The largest absolute Gasteiger partial charge is 0.491 e. The Labute approximate surface area is 195 Å². The molecular weight excluding hydrogens is 424 g/mol. The summed E-state index contributed by atoms with van der Waals surface area (Å²) in [7, 11) is 1.65. The molecule has 32 heavy (non-hydrogen) atoms. The third kappa shape index (κ3) is 6.10. The summed E-state index contributed by atoms with van der Waals surface area (Å²) < 4.78 is 11.4. The number of aliphatic hydroxyl groups is 1. The number of benzene rings is 1. The molecule has 3 rings (SSSR count). The third-order valence-electron chi connectivity index (χ3n) is 6.34. The quantitative estimate of drug-likeness (QED) is 0.586. The topological polar surface area (TPSA) is 62.2 Å². The fraction of sp³-hybridized carbons (Fsp3) is 0.560. The van der Waals surface area contributed by atoms with Crippen LogP contribution in [0, 0.1) is 6.92 Å². The predicted molar refractivity (Wildman–Crippen MR) is 128 cm³/mol. The second-order valence-electron chi connectivity index (χ2n) is 9.07. The zero-order chi connectivity index (χ0) is 23.3. The Morgan fingerprint density at radius 3 is 2.69 bits per heavy atom. The number of fused-ring (bicyclic) bond motifs is 1. The predicted octanol–water partition coefficient (Wildman–Crippen LogP) is 3.67. The molecule has 1 aromatic carbocycles. The van der Waals surface area contributed by atoms with Gasteiger partial charge in [-0.15, -0.1) is 11.3 Å². The molecule has 1 N–H and O–H groups in total. The van der Waals surface area contributed by atoms with Crippen molar-refractivity contribution >= 4 is 17.2 Å². The average molecular weight is 461 g/mol. The molecule has 1 aromatic heterocycles. The number of amides is 1. The molecular formula is C25H36N2O4S. The van der Waals surface area contributed by atoms with E-state index in [9.17, 15) is 9.90 Å². The molecule has 2 aromatic rings. The summed E-state index contributed by atoms with van der Waals surface area (Å²) >= 11 is 1.75. The van der Waals surface area contributed by atoms with Gasteiger partial charge < -0.3 is 19.5 Å². The first-order chi connectivity index (χ1) is 15.2. The lowest BCUT2D eigenvalue weighted by Crippen LogP contribution is -2.53. The molecule has 2 atom stereocenters. The minimum absolute atomic E-state index is 0.0477. The number of hydrogen-bond acceptors (Lipinski definition) is 6. The molecule has 2 heterocycles. The van der Waals surface area contributed by atoms with Crippen molar-refractivity contribution in [3.8, 4) is 5.75 Å². The van der Waals surface area contributed by atoms with Crippen molar-refractivity contribution in [2.75, 3.05) is 40.0 Å². The van der Waals surface area contributed by atoms with Gasteiger partial charge in [0, 0.05) is 31.1 Å². The fourth-order valence-corrected chi connectivity index (χ4v) is 4.94. The van der Waals surface area contributed by atoms with E-state index in [-0.39, 0.29) is 24.5 Å². The van der Waals surface area contributed by atoms with Crippen LogP contribution in [0.5, 0.6) is 5.75 Å². The van der Waals surface area contributed by atoms with Crippen molar-refractivity contribution in [1.29, 1.82) is 0 Å². The van der Waals surface area contributed by atoms with Crippen LogP contribution < -0.4 is 4.74 Å². The Kier molecular flexibility index (Phi) is 8.33. The molecule has 1 amide bonds. The highest BCUT2D eigenvalue weighted by molar-refractivity contribution is 7.10. The van der Waals surface area contributed by atoms with Crippen LogP contribution in [0.2, 0.25) is 0 Å². The van der Waals surface area contributed by atoms with E-state index >= 15 is 0 Å². The highest BCUT2D eigenvalue weighted by atomic mass is 32.1. The first kappa shape index (κ1) is 24.7. The van der Waals surface area contributed by atoms with E-state index in [1.165, 1.54) is 16.0 Å². The van der Waals surface area contributed by atoms with Gasteiger partial charge in [0.15, 0.2) is 0 Å². The minimum atomic E-state index is -0.926. The molecule has 0 bridgehead atoms. The number of carbonyl (C=O) groups is 1. The molecule has 7 heteroatoms. The van der Waals surface area contributed by atoms with Gasteiger partial charge in [-0.25, -0.2) is 0 Å². The van der Waals surface area contributed by atoms with Crippen molar-refractivity contribution < 1.29 is 19.4 Å². The van der Waals surface area contributed by atoms with E-state index < -0.39 is 5.60 Å². The summed E-state index contributed by atoms with van der Waals surface area (Å²) in [5.74, 6) is 0.856. The van der Waals surface area contributed by atoms with Crippen molar-refractivity contribution in [3.63, 3.8) is 0 Å². The van der Waals surface area contributed by atoms with Gasteiger partial charge >= 0.3 is 0 Å². The van der Waals surface area contributed by atoms with Crippen molar-refractivity contribution in [1.82, 2.24) is 9.80 Å². The smallest absolute Gasteiger partial charge is 0.237 e. The molecule has 0 radical (unpaired) electrons. The normalized spacial score (nSPS) is 17.3. The molecule has 1 aliphatic heterocycles. The molecule has 0 saturated heterocycles. The Bertz CT molecular complexity index is 875. The van der Waals surface area contributed by atoms with Crippen LogP contribution in [-0.2, 0) is 16.0 Å². The number of thiophene rings is 1. The van der Waals surface area contributed by atoms with Crippen molar-refractivity contribution in [3.05, 3.63) is 51.7 Å². The van der Waals surface area contributed by atoms with Crippen LogP contribution in [0.1, 0.15) is 42.8 Å². The molecule has 0 fully saturated rings. The fourth-order valence-electron chi connectivity index (χ4n) is 4.01. The van der Waals surface area contributed by atoms with E-state index in [4.69, 9.17) is 9.47 Å². The average Bonchev–Trinajstić information content (AvgIpc) is 3.24. The van der Waals surface area contributed by atoms with E-state index in [0.717, 1.165) is 12.2 Å². The Balaban J connectivity index is 1.76. The number of rotatable bonds is 10. The van der Waals surface area contributed by atoms with Crippen LogP contribution in [0.15, 0.2) is 35.7 Å². The van der Waals surface area contributed by atoms with Crippen LogP contribution in [-0.4, -0.2) is 72.4 Å². The zero-order valence-electron chi connectivity index (χ0n) is 19.8. The SMILES string of the molecule is COCCN(CC(=O)N1CCc2sccc2[C@H]1COc1ccc(C)cc1)[C@H](C)C(C)(C)O. The molecule has 0 aliphatic carbocycles. The second-order valence-corrected chi connectivity index (χ2v) is 10.1. The Hall–Kier alpha value is -1.93. The molecule has 1 aliphatic rings. The molecule has 6 nitrogen and oxygen atoms in total. The number of ether oxygens (including phenoxy) is 2. The van der Waals surface area contributed by atoms with E-state index in [0.29, 0.717) is 26.3 Å². The summed E-state index contributed by atoms with van der Waals surface area (Å²) in [6, 6.07) is 9.80. The van der Waals surface area contributed by atoms with Gasteiger partial charge in [-0.2, -0.15) is 0 Å². The van der Waals surface area contributed by atoms with Crippen LogP contribution in [0.3, 0.4) is 0 Å². The van der Waals surface area contributed by atoms with Crippen molar-refractivity contribution in [2.45, 2.75) is 51.8 Å². The molecule has 176 valence electrons. The van der Waals surface area contributed by atoms with Gasteiger partial charge in [0.05, 0.1) is 24.8 Å². The van der Waals surface area contributed by atoms with E-state index in [1.54, 1.807) is 32.3 Å². The number of hydrogen-bond donors (Lipinski definition) is 1. The molecule has 0 saturated carbocycles. The lowest BCUT2D eigenvalue weighted by molar-refractivity contribution is -0.138. The second kappa shape index (κ2) is 10.8. The summed E-state index contributed by atoms with van der Waals surface area (Å²) in [5, 5.41) is 12.6. The summed E-state index contributed by atoms with van der Waals surface area (Å²) in [5.41, 5.74) is 1.44. The van der Waals surface area contributed by atoms with Gasteiger partial charge in [0.25, 0.3) is 0 Å². The summed E-state index contributed by atoms with van der Waals surface area (Å²) in [6.45, 7) is 9.95.